The SMILES string of the molecule is CCn1c(-c2cc(N3CCN(C4CC4)CC3)cnc2[C@H](C)OC)c2c3cc(ccc31)C1CSC(=N1)C[C@H](NC(=O)[C@H]1C[C@@H]1C(F)F)C(=O)N1CCC[C@](C=O)(COCC(C)(C)C2)N1. The highest BCUT2D eigenvalue weighted by Crippen LogP contribution is 2.45. The van der Waals surface area contributed by atoms with Gasteiger partial charge in [-0.3, -0.25) is 29.5 Å². The summed E-state index contributed by atoms with van der Waals surface area (Å²) in [6.07, 6.45) is 4.43. The van der Waals surface area contributed by atoms with E-state index >= 15 is 0 Å². The summed E-state index contributed by atoms with van der Waals surface area (Å²) in [4.78, 5) is 56.0. The van der Waals surface area contributed by atoms with Gasteiger partial charge in [-0.1, -0.05) is 19.9 Å². The Morgan fingerprint density at radius 1 is 1.14 bits per heavy atom. The molecular weight excluding hydrogens is 827 g/mol. The minimum absolute atomic E-state index is 0.0340. The van der Waals surface area contributed by atoms with Gasteiger partial charge in [-0.05, 0) is 87.1 Å². The van der Waals surface area contributed by atoms with E-state index in [1.54, 1.807) is 18.9 Å². The summed E-state index contributed by atoms with van der Waals surface area (Å²) in [7, 11) is 1.73. The molecule has 13 nitrogen and oxygen atoms in total. The molecule has 2 saturated carbocycles. The van der Waals surface area contributed by atoms with Crippen LogP contribution in [-0.4, -0.2) is 125 Å². The number of nitrogens with zero attached hydrogens (tertiary/aromatic N) is 6. The molecule has 0 spiro atoms. The van der Waals surface area contributed by atoms with Crippen LogP contribution in [-0.2, 0) is 36.8 Å². The molecule has 340 valence electrons. The Kier molecular flexibility index (Phi) is 12.5. The van der Waals surface area contributed by atoms with Gasteiger partial charge < -0.3 is 29.1 Å². The number of fused-ring (bicyclic) bond motifs is 5. The van der Waals surface area contributed by atoms with E-state index in [-0.39, 0.29) is 31.6 Å². The second kappa shape index (κ2) is 17.8. The molecule has 6 atom stereocenters. The van der Waals surface area contributed by atoms with Crippen LogP contribution in [0.4, 0.5) is 14.5 Å². The highest BCUT2D eigenvalue weighted by Gasteiger charge is 2.50. The first-order valence-corrected chi connectivity index (χ1v) is 23.9. The van der Waals surface area contributed by atoms with Crippen LogP contribution in [0.15, 0.2) is 35.5 Å². The molecule has 6 aliphatic rings. The van der Waals surface area contributed by atoms with E-state index in [0.29, 0.717) is 43.2 Å². The zero-order chi connectivity index (χ0) is 44.2. The van der Waals surface area contributed by atoms with E-state index in [2.05, 4.69) is 77.1 Å². The van der Waals surface area contributed by atoms with Gasteiger partial charge in [0.2, 0.25) is 12.3 Å². The number of anilines is 1. The van der Waals surface area contributed by atoms with Crippen LogP contribution in [0.5, 0.6) is 0 Å². The second-order valence-corrected chi connectivity index (χ2v) is 20.5. The predicted molar refractivity (Wildman–Crippen MR) is 241 cm³/mol. The van der Waals surface area contributed by atoms with Gasteiger partial charge in [0, 0.05) is 92.9 Å². The lowest BCUT2D eigenvalue weighted by Crippen LogP contribution is -2.66. The fourth-order valence-electron chi connectivity index (χ4n) is 10.2. The monoisotopic (exact) mass is 888 g/mol. The predicted octanol–water partition coefficient (Wildman–Crippen LogP) is 6.34. The molecule has 1 unspecified atom stereocenters. The number of nitrogens with one attached hydrogen (secondary N) is 2. The summed E-state index contributed by atoms with van der Waals surface area (Å²) in [6.45, 7) is 14.0. The molecule has 3 aromatic rings. The summed E-state index contributed by atoms with van der Waals surface area (Å²) in [5.74, 6) is -2.19. The number of thioether (sulfide) groups is 1. The minimum Gasteiger partial charge on any atom is -0.378 e. The Morgan fingerprint density at radius 3 is 2.63 bits per heavy atom. The Morgan fingerprint density at radius 2 is 1.94 bits per heavy atom. The van der Waals surface area contributed by atoms with E-state index in [1.807, 2.05) is 6.20 Å². The highest BCUT2D eigenvalue weighted by atomic mass is 32.2. The van der Waals surface area contributed by atoms with Crippen molar-refractivity contribution in [2.75, 3.05) is 63.7 Å². The van der Waals surface area contributed by atoms with Crippen molar-refractivity contribution in [2.24, 2.45) is 22.2 Å². The number of aliphatic imine (C=N–C) groups is 1. The molecule has 1 aromatic carbocycles. The van der Waals surface area contributed by atoms with E-state index in [1.165, 1.54) is 23.4 Å². The van der Waals surface area contributed by atoms with Crippen molar-refractivity contribution in [1.29, 1.82) is 0 Å². The lowest BCUT2D eigenvalue weighted by molar-refractivity contribution is -0.147. The van der Waals surface area contributed by atoms with E-state index in [0.717, 1.165) is 84.2 Å². The van der Waals surface area contributed by atoms with Crippen LogP contribution in [0, 0.1) is 17.3 Å². The average Bonchev–Trinajstić information content (AvgIpc) is 4.22. The number of alkyl halides is 2. The molecule has 2 N–H and O–H groups in total. The number of aromatic nitrogens is 2. The number of aryl methyl sites for hydroxylation is 1. The van der Waals surface area contributed by atoms with Gasteiger partial charge in [0.15, 0.2) is 0 Å². The Bertz CT molecular complexity index is 2260. The molecule has 4 aliphatic heterocycles. The first-order valence-electron chi connectivity index (χ1n) is 22.9. The number of amides is 2. The summed E-state index contributed by atoms with van der Waals surface area (Å²) >= 11 is 1.55. The number of piperazine rings is 1. The summed E-state index contributed by atoms with van der Waals surface area (Å²) in [5.41, 5.74) is 9.08. The number of carbonyl (C=O) groups excluding carboxylic acids is 3. The maximum Gasteiger partial charge on any atom is 0.259 e. The molecule has 0 radical (unpaired) electrons. The molecule has 2 saturated heterocycles. The lowest BCUT2D eigenvalue weighted by atomic mass is 9.84. The van der Waals surface area contributed by atoms with Crippen molar-refractivity contribution in [3.05, 3.63) is 47.3 Å². The molecule has 9 rings (SSSR count). The van der Waals surface area contributed by atoms with Crippen LogP contribution in [0.3, 0.4) is 0 Å². The third-order valence-electron chi connectivity index (χ3n) is 14.1. The van der Waals surface area contributed by atoms with Crippen LogP contribution in [0.2, 0.25) is 0 Å². The molecule has 63 heavy (non-hydrogen) atoms. The Hall–Kier alpha value is -3.96. The molecule has 4 fully saturated rings. The second-order valence-electron chi connectivity index (χ2n) is 19.4. The van der Waals surface area contributed by atoms with Gasteiger partial charge in [-0.25, -0.2) is 14.2 Å². The standard InChI is InChI=1S/C47H62F2N8O5S/c1-6-56-39-11-8-29-18-32(39)36(42(56)35-19-31(23-50-41(35)28(2)61-5)55-16-14-54(15-17-55)30-9-10-30)22-46(3,4)26-62-27-47(25-58)12-7-13-57(53-47)45(60)37(21-40-51-38(29)24-63-40)52-44(59)34-20-33(34)43(48)49/h8,11,18-19,23,25,28,30,33-34,37-38,43,53H,6-7,9-10,12-17,20-22,24,26-27H2,1-5H3,(H,52,59)/t28-,33-,34-,37-,38?,47-/m0/s1. The van der Waals surface area contributed by atoms with Crippen LogP contribution in [0.1, 0.15) is 95.2 Å². The van der Waals surface area contributed by atoms with Crippen molar-refractivity contribution in [2.45, 2.75) is 115 Å². The van der Waals surface area contributed by atoms with Gasteiger partial charge in [-0.2, -0.15) is 0 Å². The Labute approximate surface area is 373 Å². The van der Waals surface area contributed by atoms with Crippen molar-refractivity contribution in [3.63, 3.8) is 0 Å². The normalized spacial score (nSPS) is 28.5. The topological polar surface area (TPSA) is 134 Å². The lowest BCUT2D eigenvalue weighted by Gasteiger charge is -2.41. The van der Waals surface area contributed by atoms with Crippen LogP contribution >= 0.6 is 11.8 Å². The zero-order valence-corrected chi connectivity index (χ0v) is 38.0. The summed E-state index contributed by atoms with van der Waals surface area (Å²) in [6, 6.07) is 8.43. The number of pyridine rings is 1. The smallest absolute Gasteiger partial charge is 0.259 e. The number of aldehydes is 1. The number of benzene rings is 1. The van der Waals surface area contributed by atoms with E-state index < -0.39 is 47.1 Å². The zero-order valence-electron chi connectivity index (χ0n) is 37.2. The fourth-order valence-corrected chi connectivity index (χ4v) is 11.3. The number of hydrogen-bond donors (Lipinski definition) is 2. The largest absolute Gasteiger partial charge is 0.378 e. The molecule has 2 amide bonds. The van der Waals surface area contributed by atoms with Crippen molar-refractivity contribution < 1.29 is 32.6 Å². The maximum atomic E-state index is 14.3. The molecular formula is C47H62F2N8O5S. The molecule has 6 heterocycles. The molecule has 6 bridgehead atoms. The van der Waals surface area contributed by atoms with Gasteiger partial charge >= 0.3 is 0 Å². The quantitative estimate of drug-likeness (QED) is 0.222. The van der Waals surface area contributed by atoms with Crippen molar-refractivity contribution >= 4 is 51.5 Å². The number of carbonyl (C=O) groups is 3. The van der Waals surface area contributed by atoms with Gasteiger partial charge in [0.1, 0.15) is 17.9 Å². The number of hydrogen-bond acceptors (Lipinski definition) is 11. The highest BCUT2D eigenvalue weighted by molar-refractivity contribution is 8.14. The number of halogens is 2. The molecule has 2 aliphatic carbocycles. The van der Waals surface area contributed by atoms with E-state index in [9.17, 15) is 23.2 Å². The molecule has 16 heteroatoms. The van der Waals surface area contributed by atoms with Gasteiger partial charge in [0.25, 0.3) is 5.91 Å². The van der Waals surface area contributed by atoms with Crippen molar-refractivity contribution in [3.8, 4) is 11.3 Å². The number of methoxy groups -OCH3 is 1. The fraction of sp³-hybridized carbons (Fsp3) is 0.638. The number of rotatable bonds is 10. The maximum absolute atomic E-state index is 14.3. The summed E-state index contributed by atoms with van der Waals surface area (Å²) < 4.78 is 41.9. The number of ether oxygens (including phenoxy) is 2. The molecule has 2 aromatic heterocycles. The van der Waals surface area contributed by atoms with Crippen LogP contribution in [0.25, 0.3) is 22.2 Å². The van der Waals surface area contributed by atoms with Crippen LogP contribution < -0.4 is 15.6 Å². The Balaban J connectivity index is 1.13. The summed E-state index contributed by atoms with van der Waals surface area (Å²) in [5, 5.41) is 6.06. The average molecular weight is 889 g/mol. The first-order chi connectivity index (χ1) is 30.3. The van der Waals surface area contributed by atoms with Gasteiger partial charge in [-0.15, -0.1) is 11.8 Å². The third kappa shape index (κ3) is 9.03. The minimum atomic E-state index is -2.60. The van der Waals surface area contributed by atoms with Gasteiger partial charge in [0.05, 0.1) is 53.7 Å². The number of hydrazine groups is 1. The van der Waals surface area contributed by atoms with Crippen molar-refractivity contribution in [1.82, 2.24) is 30.2 Å². The first kappa shape index (κ1) is 44.3. The third-order valence-corrected chi connectivity index (χ3v) is 15.2. The van der Waals surface area contributed by atoms with E-state index in [4.69, 9.17) is 19.5 Å².